The summed E-state index contributed by atoms with van der Waals surface area (Å²) >= 11 is 0. The van der Waals surface area contributed by atoms with Crippen LogP contribution in [0, 0.1) is 0 Å². The van der Waals surface area contributed by atoms with Gasteiger partial charge in [-0.1, -0.05) is 206 Å². The Labute approximate surface area is 325 Å². The first-order valence-electron chi connectivity index (χ1n) is 20.5. The van der Waals surface area contributed by atoms with Crippen molar-refractivity contribution >= 4 is 20.2 Å². The minimum atomic E-state index is -2.06. The maximum atomic E-state index is 2.70. The topological polar surface area (TPSA) is 0 Å². The van der Waals surface area contributed by atoms with Crippen molar-refractivity contribution in [3.63, 3.8) is 0 Å². The summed E-state index contributed by atoms with van der Waals surface area (Å²) in [6, 6.07) is 29.1. The summed E-state index contributed by atoms with van der Waals surface area (Å²) in [5, 5.41) is 0. The van der Waals surface area contributed by atoms with Crippen LogP contribution in [0.5, 0.6) is 0 Å². The van der Waals surface area contributed by atoms with Crippen LogP contribution in [0.1, 0.15) is 165 Å². The van der Waals surface area contributed by atoms with Gasteiger partial charge in [0.25, 0.3) is 0 Å². The predicted octanol–water partition coefficient (Wildman–Crippen LogP) is 15.5. The molecule has 0 spiro atoms. The normalized spacial score (nSPS) is 17.8. The molecule has 0 N–H and O–H groups in total. The molecule has 0 amide bonds. The molecule has 4 aromatic rings. The van der Waals surface area contributed by atoms with Gasteiger partial charge in [0, 0.05) is 11.1 Å². The first kappa shape index (κ1) is 39.3. The fourth-order valence-electron chi connectivity index (χ4n) is 9.67. The second-order valence-corrected chi connectivity index (χ2v) is 25.8. The van der Waals surface area contributed by atoms with Gasteiger partial charge in [0.15, 0.2) is 0 Å². The summed E-state index contributed by atoms with van der Waals surface area (Å²) in [6.45, 7) is 38.4. The molecule has 4 aromatic carbocycles. The van der Waals surface area contributed by atoms with Crippen molar-refractivity contribution in [2.45, 2.75) is 156 Å². The molecule has 0 radical (unpaired) electrons. The lowest BCUT2D eigenvalue weighted by Crippen LogP contribution is -2.42. The highest BCUT2D eigenvalue weighted by Gasteiger charge is 2.48. The van der Waals surface area contributed by atoms with E-state index in [-0.39, 0.29) is 21.7 Å². The smallest absolute Gasteiger partial charge is 0.0679 e. The summed E-state index contributed by atoms with van der Waals surface area (Å²) in [6.07, 6.45) is 7.40. The van der Waals surface area contributed by atoms with E-state index in [9.17, 15) is 0 Å². The van der Waals surface area contributed by atoms with E-state index in [1.165, 1.54) is 55.6 Å². The summed E-state index contributed by atoms with van der Waals surface area (Å²) in [7, 11) is -2.06. The Morgan fingerprint density at radius 2 is 0.811 bits per heavy atom. The summed E-state index contributed by atoms with van der Waals surface area (Å²) < 4.78 is 0. The van der Waals surface area contributed by atoms with Crippen LogP contribution in [0.15, 0.2) is 83.9 Å². The minimum absolute atomic E-state index is 0.0364. The fourth-order valence-corrected chi connectivity index (χ4v) is 14.6. The van der Waals surface area contributed by atoms with Crippen molar-refractivity contribution in [2.75, 3.05) is 0 Å². The van der Waals surface area contributed by atoms with E-state index < -0.39 is 8.07 Å². The van der Waals surface area contributed by atoms with E-state index in [0.717, 1.165) is 12.8 Å². The van der Waals surface area contributed by atoms with Gasteiger partial charge in [-0.15, -0.1) is 0 Å². The van der Waals surface area contributed by atoms with Crippen LogP contribution in [-0.2, 0) is 21.7 Å². The van der Waals surface area contributed by atoms with Crippen LogP contribution in [-0.4, -0.2) is 8.07 Å². The average molecular weight is 721 g/mol. The highest BCUT2D eigenvalue weighted by Crippen LogP contribution is 2.56. The van der Waals surface area contributed by atoms with Crippen LogP contribution in [0.3, 0.4) is 0 Å². The van der Waals surface area contributed by atoms with Crippen LogP contribution in [0.25, 0.3) is 34.4 Å². The molecule has 2 aliphatic rings. The molecule has 0 bridgehead atoms. The summed E-state index contributed by atoms with van der Waals surface area (Å²) in [4.78, 5) is 0. The molecule has 0 saturated carbocycles. The van der Waals surface area contributed by atoms with Crippen molar-refractivity contribution < 1.29 is 0 Å². The molecule has 0 nitrogen and oxygen atoms in total. The lowest BCUT2D eigenvalue weighted by molar-refractivity contribution is 0.569. The number of allylic oxidation sites excluding steroid dienone is 2. The highest BCUT2D eigenvalue weighted by atomic mass is 28.3. The molecular formula is C52H68Si. The Bertz CT molecular complexity index is 1950. The zero-order chi connectivity index (χ0) is 39.1. The van der Waals surface area contributed by atoms with Crippen molar-refractivity contribution in [1.29, 1.82) is 0 Å². The van der Waals surface area contributed by atoms with Crippen LogP contribution >= 0.6 is 0 Å². The number of hydrogen-bond donors (Lipinski definition) is 0. The first-order valence-corrected chi connectivity index (χ1v) is 23.6. The van der Waals surface area contributed by atoms with E-state index in [1.807, 2.05) is 0 Å². The van der Waals surface area contributed by atoms with Gasteiger partial charge in [-0.25, -0.2) is 0 Å². The van der Waals surface area contributed by atoms with Gasteiger partial charge in [0.1, 0.15) is 0 Å². The van der Waals surface area contributed by atoms with Gasteiger partial charge in [-0.05, 0) is 101 Å². The second-order valence-electron chi connectivity index (χ2n) is 21.0. The molecule has 0 saturated heterocycles. The number of benzene rings is 4. The van der Waals surface area contributed by atoms with Crippen molar-refractivity contribution in [3.8, 4) is 22.3 Å². The van der Waals surface area contributed by atoms with E-state index in [2.05, 4.69) is 195 Å². The first-order chi connectivity index (χ1) is 24.5. The third-order valence-corrected chi connectivity index (χ3v) is 16.9. The lowest BCUT2D eigenvalue weighted by atomic mass is 9.76. The second kappa shape index (κ2) is 13.4. The molecule has 1 heteroatoms. The summed E-state index contributed by atoms with van der Waals surface area (Å²) in [5.41, 5.74) is 21.8. The SMILES string of the molecule is CCC1=Cc2c(-c3ccc(C(C)(C)C)cc3C(C)(C)C)cccc2C1[Si](C)(C)C1C(CC)=Cc2c(-c3ccc(C(C)(C)C)cc3C(C)(C)C)cccc21. The maximum Gasteiger partial charge on any atom is 0.0722 e. The average Bonchev–Trinajstić information content (AvgIpc) is 3.65. The molecule has 53 heavy (non-hydrogen) atoms. The minimum Gasteiger partial charge on any atom is -0.0679 e. The van der Waals surface area contributed by atoms with Crippen molar-refractivity contribution in [2.24, 2.45) is 0 Å². The van der Waals surface area contributed by atoms with E-state index >= 15 is 0 Å². The van der Waals surface area contributed by atoms with Gasteiger partial charge in [0.05, 0.1) is 8.07 Å². The Kier molecular flexibility index (Phi) is 9.93. The lowest BCUT2D eigenvalue weighted by Gasteiger charge is -2.40. The number of hydrogen-bond acceptors (Lipinski definition) is 0. The monoisotopic (exact) mass is 721 g/mol. The quantitative estimate of drug-likeness (QED) is 0.174. The van der Waals surface area contributed by atoms with Gasteiger partial charge in [0.2, 0.25) is 0 Å². The molecule has 280 valence electrons. The zero-order valence-corrected chi connectivity index (χ0v) is 37.2. The maximum absolute atomic E-state index is 2.70. The standard InChI is InChI=1S/C52H68Si/c1-17-33-29-43-37(39-27-25-35(49(3,4)5)31-45(39)51(9,10)11)21-19-23-41(43)47(33)53(15,16)48-34(18-2)30-44-38(22-20-24-42(44)48)40-28-26-36(50(6,7)8)32-46(40)52(12,13)14/h19-32,47-48H,17-18H2,1-16H3. The molecule has 0 heterocycles. The van der Waals surface area contributed by atoms with Gasteiger partial charge in [-0.3, -0.25) is 0 Å². The summed E-state index contributed by atoms with van der Waals surface area (Å²) in [5.74, 6) is 0. The van der Waals surface area contributed by atoms with Crippen molar-refractivity contribution in [3.05, 3.63) is 128 Å². The molecule has 0 aromatic heterocycles. The third-order valence-electron chi connectivity index (χ3n) is 12.6. The van der Waals surface area contributed by atoms with Gasteiger partial charge >= 0.3 is 0 Å². The Morgan fingerprint density at radius 1 is 0.453 bits per heavy atom. The van der Waals surface area contributed by atoms with E-state index in [0.29, 0.717) is 11.1 Å². The number of fused-ring (bicyclic) bond motifs is 2. The molecule has 2 atom stereocenters. The number of rotatable bonds is 6. The highest BCUT2D eigenvalue weighted by molar-refractivity contribution is 6.81. The Morgan fingerprint density at radius 3 is 1.11 bits per heavy atom. The van der Waals surface area contributed by atoms with Gasteiger partial charge < -0.3 is 0 Å². The fraction of sp³-hybridized carbons (Fsp3) is 0.462. The molecule has 2 unspecified atom stereocenters. The van der Waals surface area contributed by atoms with Crippen molar-refractivity contribution in [1.82, 2.24) is 0 Å². The predicted molar refractivity (Wildman–Crippen MR) is 238 cm³/mol. The van der Waals surface area contributed by atoms with E-state index in [1.54, 1.807) is 22.3 Å². The molecule has 0 fully saturated rings. The Hall–Kier alpha value is -3.42. The third kappa shape index (κ3) is 7.01. The zero-order valence-electron chi connectivity index (χ0n) is 36.2. The van der Waals surface area contributed by atoms with E-state index in [4.69, 9.17) is 0 Å². The molecule has 6 rings (SSSR count). The van der Waals surface area contributed by atoms with Crippen LogP contribution in [0.4, 0.5) is 0 Å². The molecule has 0 aliphatic heterocycles. The molecule has 2 aliphatic carbocycles. The largest absolute Gasteiger partial charge is 0.0722 e. The van der Waals surface area contributed by atoms with Crippen LogP contribution in [0.2, 0.25) is 13.1 Å². The Balaban J connectivity index is 1.50. The van der Waals surface area contributed by atoms with Crippen LogP contribution < -0.4 is 0 Å². The van der Waals surface area contributed by atoms with Gasteiger partial charge in [-0.2, -0.15) is 0 Å². The molecular weight excluding hydrogens is 653 g/mol.